The van der Waals surface area contributed by atoms with Crippen LogP contribution < -0.4 is 15.4 Å². The van der Waals surface area contributed by atoms with Crippen LogP contribution in [-0.4, -0.2) is 81.7 Å². The fraction of sp³-hybridized carbons (Fsp3) is 0.420. The van der Waals surface area contributed by atoms with Gasteiger partial charge in [0.25, 0.3) is 5.91 Å². The van der Waals surface area contributed by atoms with E-state index in [1.807, 2.05) is 56.0 Å². The number of fused-ring (bicyclic) bond motifs is 1. The van der Waals surface area contributed by atoms with Crippen LogP contribution in [0.25, 0.3) is 21.8 Å². The standard InChI is InChI=1S/C50H57FN8O6S2/c1-5-28-67(64,65)57-38-12-9-11-36(43(38)51)44-45(66-48(56-44)50(2,3)4)39-22-25-52-49(54-39)53-35-18-16-32(17-19-35)33-23-26-58(27-24-33)42(61)13-8-6-7-10-31-14-15-34-30-59(47(63)37(34)29-31)40-20-21-41(60)55-46(40)62/h9,11-12,14-19,22,25,29,33,40,57H,5-8,10,13,20-21,23-24,26-28,30H2,1-4H3,(H,52,53,54)(H,55,60,62)/t40-/m1/s1. The Morgan fingerprint density at radius 3 is 2.45 bits per heavy atom. The van der Waals surface area contributed by atoms with Gasteiger partial charge in [-0.25, -0.2) is 27.8 Å². The predicted octanol–water partition coefficient (Wildman–Crippen LogP) is 8.87. The number of benzene rings is 3. The van der Waals surface area contributed by atoms with E-state index in [1.54, 1.807) is 36.2 Å². The van der Waals surface area contributed by atoms with Crippen LogP contribution in [0.1, 0.15) is 123 Å². The summed E-state index contributed by atoms with van der Waals surface area (Å²) < 4.78 is 43.5. The largest absolute Gasteiger partial charge is 0.343 e. The number of unbranched alkanes of at least 4 members (excludes halogenated alkanes) is 2. The maximum atomic E-state index is 16.1. The Balaban J connectivity index is 0.816. The first-order valence-corrected chi connectivity index (χ1v) is 25.6. The van der Waals surface area contributed by atoms with Crippen molar-refractivity contribution in [2.75, 3.05) is 28.9 Å². The Bertz CT molecular complexity index is 2780. The number of sulfonamides is 1. The quantitative estimate of drug-likeness (QED) is 0.0638. The number of piperidine rings is 2. The maximum absolute atomic E-state index is 16.1. The molecule has 3 N–H and O–H groups in total. The number of likely N-dealkylation sites (tertiary alicyclic amines) is 1. The van der Waals surface area contributed by atoms with Crippen molar-refractivity contribution in [2.45, 2.75) is 116 Å². The Hall–Kier alpha value is -6.07. The van der Waals surface area contributed by atoms with Crippen LogP contribution >= 0.6 is 11.3 Å². The molecule has 3 aromatic carbocycles. The molecule has 0 saturated carbocycles. The number of nitrogens with one attached hydrogen (secondary N) is 3. The molecule has 3 aliphatic rings. The first-order valence-electron chi connectivity index (χ1n) is 23.1. The number of anilines is 3. The van der Waals surface area contributed by atoms with Gasteiger partial charge in [0.1, 0.15) is 6.04 Å². The van der Waals surface area contributed by atoms with Crippen LogP contribution in [0, 0.1) is 5.82 Å². The SMILES string of the molecule is CCCS(=O)(=O)Nc1cccc(-c2nc(C(C)(C)C)sc2-c2ccnc(Nc3ccc(C4CCN(C(=O)CCCCCc5ccc6c(c5)C(=O)N([C@@H]5CCC(=O)NC5=O)C6)CC4)cc3)n2)c1F. The molecule has 4 amide bonds. The molecule has 2 aromatic heterocycles. The van der Waals surface area contributed by atoms with Gasteiger partial charge in [-0.3, -0.25) is 29.2 Å². The number of thiazole rings is 1. The highest BCUT2D eigenvalue weighted by Gasteiger charge is 2.39. The van der Waals surface area contributed by atoms with E-state index in [2.05, 4.69) is 32.5 Å². The zero-order chi connectivity index (χ0) is 47.5. The highest BCUT2D eigenvalue weighted by atomic mass is 32.2. The summed E-state index contributed by atoms with van der Waals surface area (Å²) in [6.07, 6.45) is 8.27. The predicted molar refractivity (Wildman–Crippen MR) is 258 cm³/mol. The second-order valence-electron chi connectivity index (χ2n) is 18.7. The van der Waals surface area contributed by atoms with Gasteiger partial charge in [-0.1, -0.05) is 64.4 Å². The van der Waals surface area contributed by atoms with Gasteiger partial charge >= 0.3 is 0 Å². The molecule has 5 heterocycles. The molecule has 0 bridgehead atoms. The number of nitrogens with zero attached hydrogens (tertiary/aromatic N) is 5. The topological polar surface area (TPSA) is 184 Å². The lowest BCUT2D eigenvalue weighted by atomic mass is 9.89. The molecule has 352 valence electrons. The lowest BCUT2D eigenvalue weighted by molar-refractivity contribution is -0.137. The van der Waals surface area contributed by atoms with Crippen molar-refractivity contribution in [1.82, 2.24) is 30.1 Å². The van der Waals surface area contributed by atoms with Crippen LogP contribution in [0.3, 0.4) is 0 Å². The average Bonchev–Trinajstić information content (AvgIpc) is 3.89. The highest BCUT2D eigenvalue weighted by Crippen LogP contribution is 2.42. The normalized spacial score (nSPS) is 16.9. The number of hydrogen-bond donors (Lipinski definition) is 3. The van der Waals surface area contributed by atoms with Crippen LogP contribution in [0.5, 0.6) is 0 Å². The van der Waals surface area contributed by atoms with E-state index in [4.69, 9.17) is 9.97 Å². The molecule has 67 heavy (non-hydrogen) atoms. The molecule has 3 aliphatic heterocycles. The Morgan fingerprint density at radius 2 is 1.72 bits per heavy atom. The third-order valence-electron chi connectivity index (χ3n) is 12.6. The molecule has 17 heteroatoms. The first kappa shape index (κ1) is 47.4. The average molecular weight is 949 g/mol. The summed E-state index contributed by atoms with van der Waals surface area (Å²) >= 11 is 1.41. The third kappa shape index (κ3) is 11.0. The minimum Gasteiger partial charge on any atom is -0.343 e. The summed E-state index contributed by atoms with van der Waals surface area (Å²) in [5.74, 6) is -0.833. The number of imide groups is 1. The summed E-state index contributed by atoms with van der Waals surface area (Å²) in [6.45, 7) is 9.63. The molecule has 0 spiro atoms. The summed E-state index contributed by atoms with van der Waals surface area (Å²) in [7, 11) is -3.72. The molecule has 8 rings (SSSR count). The van der Waals surface area contributed by atoms with Crippen LogP contribution in [0.15, 0.2) is 72.9 Å². The molecule has 5 aromatic rings. The van der Waals surface area contributed by atoms with Gasteiger partial charge in [0.15, 0.2) is 5.82 Å². The molecular weight excluding hydrogens is 892 g/mol. The number of halogens is 1. The maximum Gasteiger partial charge on any atom is 0.255 e. The molecule has 14 nitrogen and oxygen atoms in total. The van der Waals surface area contributed by atoms with E-state index in [0.29, 0.717) is 72.6 Å². The minimum atomic E-state index is -3.72. The second-order valence-corrected chi connectivity index (χ2v) is 21.5. The van der Waals surface area contributed by atoms with Crippen molar-refractivity contribution >= 4 is 62.3 Å². The van der Waals surface area contributed by atoms with E-state index in [-0.39, 0.29) is 46.6 Å². The van der Waals surface area contributed by atoms with Crippen LogP contribution in [0.2, 0.25) is 0 Å². The van der Waals surface area contributed by atoms with E-state index in [1.165, 1.54) is 23.0 Å². The molecule has 1 atom stereocenters. The fourth-order valence-corrected chi connectivity index (χ4v) is 11.2. The van der Waals surface area contributed by atoms with Crippen molar-refractivity contribution in [1.29, 1.82) is 0 Å². The lowest BCUT2D eigenvalue weighted by Gasteiger charge is -2.32. The Labute approximate surface area is 395 Å². The number of carbonyl (C=O) groups is 4. The number of amides is 4. The van der Waals surface area contributed by atoms with E-state index >= 15 is 4.39 Å². The minimum absolute atomic E-state index is 0.122. The van der Waals surface area contributed by atoms with Gasteiger partial charge in [0.2, 0.25) is 33.7 Å². The van der Waals surface area contributed by atoms with Gasteiger partial charge in [-0.05, 0) is 104 Å². The number of rotatable bonds is 16. The van der Waals surface area contributed by atoms with Crippen LogP contribution in [-0.2, 0) is 42.8 Å². The van der Waals surface area contributed by atoms with E-state index < -0.39 is 27.8 Å². The van der Waals surface area contributed by atoms with Crippen molar-refractivity contribution in [3.63, 3.8) is 0 Å². The van der Waals surface area contributed by atoms with Gasteiger partial charge in [0.05, 0.1) is 32.7 Å². The molecule has 2 fully saturated rings. The zero-order valence-corrected chi connectivity index (χ0v) is 40.0. The summed E-state index contributed by atoms with van der Waals surface area (Å²) in [5.41, 5.74) is 5.20. The van der Waals surface area contributed by atoms with Crippen LogP contribution in [0.4, 0.5) is 21.7 Å². The van der Waals surface area contributed by atoms with Gasteiger partial charge < -0.3 is 15.1 Å². The monoisotopic (exact) mass is 948 g/mol. The molecular formula is C50H57FN8O6S2. The highest BCUT2D eigenvalue weighted by molar-refractivity contribution is 7.92. The van der Waals surface area contributed by atoms with Crippen molar-refractivity contribution in [3.8, 4) is 21.8 Å². The molecule has 0 unspecified atom stereocenters. The molecule has 0 radical (unpaired) electrons. The summed E-state index contributed by atoms with van der Waals surface area (Å²) in [4.78, 5) is 68.7. The van der Waals surface area contributed by atoms with Gasteiger partial charge in [-0.2, -0.15) is 0 Å². The number of carbonyl (C=O) groups excluding carboxylic acids is 4. The third-order valence-corrected chi connectivity index (χ3v) is 15.6. The lowest BCUT2D eigenvalue weighted by Crippen LogP contribution is -2.52. The molecule has 0 aliphatic carbocycles. The van der Waals surface area contributed by atoms with Crippen molar-refractivity contribution < 1.29 is 32.0 Å². The van der Waals surface area contributed by atoms with E-state index in [0.717, 1.165) is 60.3 Å². The van der Waals surface area contributed by atoms with E-state index in [9.17, 15) is 27.6 Å². The molecule has 2 saturated heterocycles. The first-order chi connectivity index (χ1) is 32.1. The Kier molecular flexibility index (Phi) is 14.2. The summed E-state index contributed by atoms with van der Waals surface area (Å²) in [6, 6.07) is 19.9. The second kappa shape index (κ2) is 20.0. The van der Waals surface area contributed by atoms with Gasteiger partial charge in [0, 0.05) is 60.9 Å². The smallest absolute Gasteiger partial charge is 0.255 e. The van der Waals surface area contributed by atoms with Crippen molar-refractivity contribution in [3.05, 3.63) is 106 Å². The number of aromatic nitrogens is 3. The Morgan fingerprint density at radius 1 is 0.940 bits per heavy atom. The summed E-state index contributed by atoms with van der Waals surface area (Å²) in [5, 5.41) is 6.43. The number of aryl methyl sites for hydroxylation is 1. The van der Waals surface area contributed by atoms with Gasteiger partial charge in [-0.15, -0.1) is 11.3 Å². The number of hydrogen-bond acceptors (Lipinski definition) is 11. The fourth-order valence-electron chi connectivity index (χ4n) is 8.95. The van der Waals surface area contributed by atoms with Crippen molar-refractivity contribution in [2.24, 2.45) is 0 Å². The zero-order valence-electron chi connectivity index (χ0n) is 38.4.